The van der Waals surface area contributed by atoms with Gasteiger partial charge in [0.15, 0.2) is 5.65 Å². The second-order valence-corrected chi connectivity index (χ2v) is 6.98. The van der Waals surface area contributed by atoms with Crippen LogP contribution in [0.3, 0.4) is 0 Å². The van der Waals surface area contributed by atoms with Crippen molar-refractivity contribution >= 4 is 68.6 Å². The fourth-order valence-electron chi connectivity index (χ4n) is 2.24. The summed E-state index contributed by atoms with van der Waals surface area (Å²) in [5.41, 5.74) is 2.54. The molecule has 1 aromatic carbocycles. The number of benzene rings is 1. The molecule has 0 saturated carbocycles. The van der Waals surface area contributed by atoms with E-state index in [0.29, 0.717) is 15.2 Å². The molecule has 7 heteroatoms. The minimum Gasteiger partial charge on any atom is -0.323 e. The number of rotatable bonds is 2. The van der Waals surface area contributed by atoms with Crippen LogP contribution in [0, 0.1) is 3.57 Å². The molecule has 3 aromatic rings. The number of hydrogen-bond acceptors (Lipinski definition) is 2. The zero-order valence-corrected chi connectivity index (χ0v) is 15.2. The van der Waals surface area contributed by atoms with Crippen molar-refractivity contribution < 1.29 is 0 Å². The highest BCUT2D eigenvalue weighted by molar-refractivity contribution is 14.1. The first-order valence-electron chi connectivity index (χ1n) is 6.11. The molecule has 2 heterocycles. The van der Waals surface area contributed by atoms with E-state index in [1.54, 1.807) is 12.3 Å². The molecule has 0 amide bonds. The Morgan fingerprint density at radius 1 is 1.24 bits per heavy atom. The summed E-state index contributed by atoms with van der Waals surface area (Å²) < 4.78 is 3.04. The van der Waals surface area contributed by atoms with Gasteiger partial charge in [0.05, 0.1) is 15.8 Å². The summed E-state index contributed by atoms with van der Waals surface area (Å²) in [5, 5.41) is 1.61. The molecule has 0 radical (unpaired) electrons. The van der Waals surface area contributed by atoms with Crippen molar-refractivity contribution in [2.75, 3.05) is 0 Å². The van der Waals surface area contributed by atoms with Crippen molar-refractivity contribution in [3.8, 4) is 0 Å². The third-order valence-electron chi connectivity index (χ3n) is 3.28. The second-order valence-electron chi connectivity index (χ2n) is 4.59. The molecule has 0 bridgehead atoms. The van der Waals surface area contributed by atoms with Gasteiger partial charge in [0.25, 0.3) is 0 Å². The van der Waals surface area contributed by atoms with E-state index >= 15 is 0 Å². The third-order valence-corrected chi connectivity index (χ3v) is 4.81. The lowest BCUT2D eigenvalue weighted by Gasteiger charge is -2.16. The van der Waals surface area contributed by atoms with E-state index in [9.17, 15) is 0 Å². The topological polar surface area (TPSA) is 30.7 Å². The largest absolute Gasteiger partial charge is 0.323 e. The fourth-order valence-corrected chi connectivity index (χ4v) is 3.61. The van der Waals surface area contributed by atoms with Crippen LogP contribution in [-0.4, -0.2) is 14.5 Å². The molecule has 21 heavy (non-hydrogen) atoms. The normalized spacial score (nSPS) is 12.8. The molecule has 0 saturated heterocycles. The maximum Gasteiger partial charge on any atom is 0.162 e. The molecule has 1 atom stereocenters. The molecule has 0 aliphatic heterocycles. The quantitative estimate of drug-likeness (QED) is 0.474. The first kappa shape index (κ1) is 15.3. The van der Waals surface area contributed by atoms with Gasteiger partial charge in [-0.15, -0.1) is 0 Å². The van der Waals surface area contributed by atoms with Gasteiger partial charge in [0.2, 0.25) is 0 Å². The van der Waals surface area contributed by atoms with Crippen LogP contribution < -0.4 is 0 Å². The number of aromatic nitrogens is 3. The van der Waals surface area contributed by atoms with Gasteiger partial charge < -0.3 is 4.57 Å². The standard InChI is InChI=1S/C14H9Cl3IN3/c1-7(9-3-2-8(15)4-10(9)16)21-6-11(18)13-14(21)20-12(17)5-19-13/h2-7H,1H3/t7-/m1/s1. The monoisotopic (exact) mass is 451 g/mol. The van der Waals surface area contributed by atoms with E-state index in [-0.39, 0.29) is 6.04 Å². The molecule has 3 nitrogen and oxygen atoms in total. The summed E-state index contributed by atoms with van der Waals surface area (Å²) in [6.07, 6.45) is 3.55. The Kier molecular flexibility index (Phi) is 4.32. The van der Waals surface area contributed by atoms with Crippen LogP contribution in [0.25, 0.3) is 11.2 Å². The summed E-state index contributed by atoms with van der Waals surface area (Å²) in [7, 11) is 0. The van der Waals surface area contributed by atoms with Gasteiger partial charge in [-0.3, -0.25) is 0 Å². The average Bonchev–Trinajstić information content (AvgIpc) is 2.75. The molecule has 108 valence electrons. The Bertz CT molecular complexity index is 832. The van der Waals surface area contributed by atoms with Crippen molar-refractivity contribution in [2.45, 2.75) is 13.0 Å². The van der Waals surface area contributed by atoms with Gasteiger partial charge in [0.1, 0.15) is 10.7 Å². The predicted octanol–water partition coefficient (Wildman–Crippen LogP) is 5.61. The van der Waals surface area contributed by atoms with E-state index in [0.717, 1.165) is 20.3 Å². The molecule has 3 rings (SSSR count). The van der Waals surface area contributed by atoms with Crippen LogP contribution in [0.15, 0.2) is 30.6 Å². The maximum absolute atomic E-state index is 6.30. The molecular weight excluding hydrogens is 443 g/mol. The first-order valence-corrected chi connectivity index (χ1v) is 8.32. The SMILES string of the molecule is C[C@H](c1ccc(Cl)cc1Cl)n1cc(I)c2ncc(Cl)nc21. The number of fused-ring (bicyclic) bond motifs is 1. The Balaban J connectivity index is 2.17. The van der Waals surface area contributed by atoms with E-state index in [4.69, 9.17) is 34.8 Å². The highest BCUT2D eigenvalue weighted by Gasteiger charge is 2.18. The Hall–Kier alpha value is -0.560. The molecule has 2 aromatic heterocycles. The summed E-state index contributed by atoms with van der Waals surface area (Å²) in [6.45, 7) is 2.05. The lowest BCUT2D eigenvalue weighted by molar-refractivity contribution is 0.657. The van der Waals surface area contributed by atoms with Gasteiger partial charge in [-0.2, -0.15) is 0 Å². The lowest BCUT2D eigenvalue weighted by Crippen LogP contribution is -2.07. The van der Waals surface area contributed by atoms with Gasteiger partial charge in [0, 0.05) is 16.2 Å². The second kappa shape index (κ2) is 5.91. The molecule has 0 fully saturated rings. The summed E-state index contributed by atoms with van der Waals surface area (Å²) in [6, 6.07) is 5.48. The van der Waals surface area contributed by atoms with Crippen molar-refractivity contribution in [1.82, 2.24) is 14.5 Å². The molecule has 0 aliphatic carbocycles. The zero-order valence-electron chi connectivity index (χ0n) is 10.8. The Morgan fingerprint density at radius 2 is 2.00 bits per heavy atom. The van der Waals surface area contributed by atoms with Crippen LogP contribution in [0.1, 0.15) is 18.5 Å². The van der Waals surface area contributed by atoms with Crippen molar-refractivity contribution in [3.05, 3.63) is 54.9 Å². The van der Waals surface area contributed by atoms with E-state index < -0.39 is 0 Å². The van der Waals surface area contributed by atoms with Gasteiger partial charge in [-0.1, -0.05) is 40.9 Å². The minimum atomic E-state index is -0.00597. The molecule has 0 N–H and O–H groups in total. The smallest absolute Gasteiger partial charge is 0.162 e. The molecule has 0 aliphatic rings. The first-order chi connectivity index (χ1) is 9.97. The van der Waals surface area contributed by atoms with Crippen LogP contribution in [-0.2, 0) is 0 Å². The Morgan fingerprint density at radius 3 is 2.71 bits per heavy atom. The number of hydrogen-bond donors (Lipinski definition) is 0. The maximum atomic E-state index is 6.30. The summed E-state index contributed by atoms with van der Waals surface area (Å²) >= 11 is 20.5. The highest BCUT2D eigenvalue weighted by atomic mass is 127. The predicted molar refractivity (Wildman–Crippen MR) is 95.5 cm³/mol. The van der Waals surface area contributed by atoms with Crippen LogP contribution in [0.5, 0.6) is 0 Å². The third kappa shape index (κ3) is 2.86. The van der Waals surface area contributed by atoms with Crippen LogP contribution in [0.4, 0.5) is 0 Å². The highest BCUT2D eigenvalue weighted by Crippen LogP contribution is 2.32. The summed E-state index contributed by atoms with van der Waals surface area (Å²) in [4.78, 5) is 8.72. The lowest BCUT2D eigenvalue weighted by atomic mass is 10.1. The number of halogens is 4. The summed E-state index contributed by atoms with van der Waals surface area (Å²) in [5.74, 6) is 0. The van der Waals surface area contributed by atoms with Crippen LogP contribution >= 0.6 is 57.4 Å². The fraction of sp³-hybridized carbons (Fsp3) is 0.143. The van der Waals surface area contributed by atoms with E-state index in [2.05, 4.69) is 32.6 Å². The van der Waals surface area contributed by atoms with Gasteiger partial charge in [-0.05, 0) is 47.2 Å². The van der Waals surface area contributed by atoms with Gasteiger partial charge >= 0.3 is 0 Å². The molecular formula is C14H9Cl3IN3. The number of nitrogens with zero attached hydrogens (tertiary/aromatic N) is 3. The molecule has 0 unspecified atom stereocenters. The van der Waals surface area contributed by atoms with Crippen molar-refractivity contribution in [1.29, 1.82) is 0 Å². The zero-order chi connectivity index (χ0) is 15.1. The van der Waals surface area contributed by atoms with Crippen molar-refractivity contribution in [3.63, 3.8) is 0 Å². The van der Waals surface area contributed by atoms with Crippen molar-refractivity contribution in [2.24, 2.45) is 0 Å². The van der Waals surface area contributed by atoms with E-state index in [1.165, 1.54) is 0 Å². The van der Waals surface area contributed by atoms with E-state index in [1.807, 2.05) is 29.8 Å². The average molecular weight is 453 g/mol. The van der Waals surface area contributed by atoms with Crippen LogP contribution in [0.2, 0.25) is 15.2 Å². The molecule has 0 spiro atoms. The van der Waals surface area contributed by atoms with Gasteiger partial charge in [-0.25, -0.2) is 9.97 Å². The Labute approximate surface area is 150 Å². The minimum absolute atomic E-state index is 0.00597.